The molecule has 0 bridgehead atoms. The summed E-state index contributed by atoms with van der Waals surface area (Å²) in [5.74, 6) is 0.825. The Kier molecular flexibility index (Phi) is 3.92. The minimum absolute atomic E-state index is 0.825. The van der Waals surface area contributed by atoms with Crippen molar-refractivity contribution in [1.29, 1.82) is 0 Å². The average Bonchev–Trinajstić information content (AvgIpc) is 2.49. The van der Waals surface area contributed by atoms with Crippen LogP contribution < -0.4 is 0 Å². The summed E-state index contributed by atoms with van der Waals surface area (Å²) in [6.45, 7) is 5.59. The molecule has 0 aromatic carbocycles. The highest BCUT2D eigenvalue weighted by molar-refractivity contribution is 4.91. The number of nitrogens with zero attached hydrogens (tertiary/aromatic N) is 1. The minimum atomic E-state index is 0.825. The highest BCUT2D eigenvalue weighted by Gasteiger charge is 1.94. The van der Waals surface area contributed by atoms with Crippen LogP contribution in [0.15, 0.2) is 24.5 Å². The van der Waals surface area contributed by atoms with Gasteiger partial charge in [-0.1, -0.05) is 20.3 Å². The molecule has 0 aliphatic carbocycles. The van der Waals surface area contributed by atoms with Crippen LogP contribution in [0.2, 0.25) is 0 Å². The minimum Gasteiger partial charge on any atom is -0.354 e. The first kappa shape index (κ1) is 9.37. The van der Waals surface area contributed by atoms with Crippen LogP contribution in [0.25, 0.3) is 0 Å². The van der Waals surface area contributed by atoms with Gasteiger partial charge in [0.05, 0.1) is 0 Å². The molecule has 1 aromatic heterocycles. The van der Waals surface area contributed by atoms with Gasteiger partial charge in [0, 0.05) is 18.9 Å². The fraction of sp³-hybridized carbons (Fsp3) is 0.545. The normalized spacial score (nSPS) is 10.9. The molecule has 0 unspecified atom stereocenters. The van der Waals surface area contributed by atoms with Gasteiger partial charge in [0.15, 0.2) is 0 Å². The van der Waals surface area contributed by atoms with Gasteiger partial charge in [-0.15, -0.1) is 0 Å². The summed E-state index contributed by atoms with van der Waals surface area (Å²) < 4.78 is 2.19. The third kappa shape index (κ3) is 3.61. The van der Waals surface area contributed by atoms with Gasteiger partial charge < -0.3 is 4.57 Å². The maximum absolute atomic E-state index is 2.35. The van der Waals surface area contributed by atoms with E-state index in [9.17, 15) is 0 Å². The van der Waals surface area contributed by atoms with Crippen LogP contribution in [0.3, 0.4) is 0 Å². The highest BCUT2D eigenvalue weighted by atomic mass is 14.9. The van der Waals surface area contributed by atoms with E-state index in [2.05, 4.69) is 49.4 Å². The molecule has 1 radical (unpaired) electrons. The molecule has 0 aliphatic heterocycles. The van der Waals surface area contributed by atoms with Crippen molar-refractivity contribution in [1.82, 2.24) is 4.57 Å². The van der Waals surface area contributed by atoms with Gasteiger partial charge in [-0.3, -0.25) is 0 Å². The van der Waals surface area contributed by atoms with E-state index in [1.807, 2.05) is 0 Å². The second kappa shape index (κ2) is 5.02. The number of aromatic nitrogens is 1. The van der Waals surface area contributed by atoms with Gasteiger partial charge in [0.25, 0.3) is 0 Å². The molecule has 12 heavy (non-hydrogen) atoms. The summed E-state index contributed by atoms with van der Waals surface area (Å²) in [6.07, 6.45) is 9.09. The Morgan fingerprint density at radius 2 is 1.92 bits per heavy atom. The second-order valence-corrected chi connectivity index (χ2v) is 3.64. The number of unbranched alkanes of at least 4 members (excludes halogenated alkanes) is 1. The van der Waals surface area contributed by atoms with Crippen molar-refractivity contribution < 1.29 is 0 Å². The van der Waals surface area contributed by atoms with Gasteiger partial charge in [0.1, 0.15) is 0 Å². The van der Waals surface area contributed by atoms with E-state index in [-0.39, 0.29) is 0 Å². The number of rotatable bonds is 5. The molecule has 1 aromatic rings. The van der Waals surface area contributed by atoms with E-state index in [4.69, 9.17) is 0 Å². The number of hydrogen-bond donors (Lipinski definition) is 0. The molecule has 0 amide bonds. The van der Waals surface area contributed by atoms with Gasteiger partial charge >= 0.3 is 0 Å². The zero-order valence-corrected chi connectivity index (χ0v) is 8.03. The molecular weight excluding hydrogens is 146 g/mol. The zero-order chi connectivity index (χ0) is 8.81. The third-order valence-corrected chi connectivity index (χ3v) is 1.95. The van der Waals surface area contributed by atoms with Gasteiger partial charge in [0.2, 0.25) is 0 Å². The standard InChI is InChI=1S/C11H18N/c1-11(2)7-3-4-8-12-9-5-6-10-12/h4-6,9-11H,3,7-8H2,1-2H3. The Hall–Kier alpha value is -0.720. The van der Waals surface area contributed by atoms with Crippen LogP contribution in [0.1, 0.15) is 26.7 Å². The first-order chi connectivity index (χ1) is 5.79. The number of hydrogen-bond acceptors (Lipinski definition) is 0. The topological polar surface area (TPSA) is 4.93 Å². The van der Waals surface area contributed by atoms with Gasteiger partial charge in [-0.05, 0) is 30.9 Å². The van der Waals surface area contributed by atoms with Gasteiger partial charge in [-0.2, -0.15) is 0 Å². The van der Waals surface area contributed by atoms with Crippen LogP contribution >= 0.6 is 0 Å². The van der Waals surface area contributed by atoms with Crippen LogP contribution in [-0.4, -0.2) is 4.57 Å². The molecule has 1 rings (SSSR count). The Labute approximate surface area is 75.4 Å². The van der Waals surface area contributed by atoms with Gasteiger partial charge in [-0.25, -0.2) is 0 Å². The van der Waals surface area contributed by atoms with Crippen molar-refractivity contribution >= 4 is 0 Å². The Balaban J connectivity index is 2.04. The lowest BCUT2D eigenvalue weighted by atomic mass is 10.1. The first-order valence-corrected chi connectivity index (χ1v) is 4.71. The lowest BCUT2D eigenvalue weighted by molar-refractivity contribution is 0.567. The van der Waals surface area contributed by atoms with Crippen molar-refractivity contribution in [3.05, 3.63) is 30.9 Å². The van der Waals surface area contributed by atoms with Crippen molar-refractivity contribution in [2.75, 3.05) is 0 Å². The van der Waals surface area contributed by atoms with E-state index < -0.39 is 0 Å². The average molecular weight is 164 g/mol. The monoisotopic (exact) mass is 164 g/mol. The summed E-state index contributed by atoms with van der Waals surface area (Å²) in [6, 6.07) is 4.13. The quantitative estimate of drug-likeness (QED) is 0.589. The van der Waals surface area contributed by atoms with E-state index in [0.29, 0.717) is 0 Å². The molecule has 0 atom stereocenters. The maximum atomic E-state index is 2.35. The van der Waals surface area contributed by atoms with E-state index in [0.717, 1.165) is 12.5 Å². The highest BCUT2D eigenvalue weighted by Crippen LogP contribution is 2.06. The van der Waals surface area contributed by atoms with Crippen molar-refractivity contribution in [2.24, 2.45) is 5.92 Å². The lowest BCUT2D eigenvalue weighted by Crippen LogP contribution is -1.96. The fourth-order valence-electron chi connectivity index (χ4n) is 1.18. The van der Waals surface area contributed by atoms with E-state index in [1.165, 1.54) is 12.8 Å². The van der Waals surface area contributed by atoms with Crippen LogP contribution in [-0.2, 0) is 6.54 Å². The molecule has 0 fully saturated rings. The van der Waals surface area contributed by atoms with E-state index in [1.54, 1.807) is 0 Å². The molecule has 1 heterocycles. The predicted octanol–water partition coefficient (Wildman–Crippen LogP) is 3.13. The maximum Gasteiger partial charge on any atom is 0.0251 e. The molecule has 0 spiro atoms. The Morgan fingerprint density at radius 1 is 1.25 bits per heavy atom. The van der Waals surface area contributed by atoms with Crippen molar-refractivity contribution in [2.45, 2.75) is 33.2 Å². The molecule has 0 saturated carbocycles. The summed E-state index contributed by atoms with van der Waals surface area (Å²) in [5.41, 5.74) is 0. The van der Waals surface area contributed by atoms with Crippen LogP contribution in [0, 0.1) is 12.3 Å². The SMILES string of the molecule is CC(C)CC[CH]Cn1cccc1. The molecule has 1 heteroatoms. The Bertz CT molecular complexity index is 187. The molecule has 67 valence electrons. The van der Waals surface area contributed by atoms with Crippen LogP contribution in [0.5, 0.6) is 0 Å². The van der Waals surface area contributed by atoms with E-state index >= 15 is 0 Å². The summed E-state index contributed by atoms with van der Waals surface area (Å²) in [4.78, 5) is 0. The molecule has 0 aliphatic rings. The van der Waals surface area contributed by atoms with Crippen molar-refractivity contribution in [3.63, 3.8) is 0 Å². The largest absolute Gasteiger partial charge is 0.354 e. The molecule has 0 N–H and O–H groups in total. The second-order valence-electron chi connectivity index (χ2n) is 3.64. The summed E-state index contributed by atoms with van der Waals surface area (Å²) in [5, 5.41) is 0. The first-order valence-electron chi connectivity index (χ1n) is 4.71. The summed E-state index contributed by atoms with van der Waals surface area (Å²) >= 11 is 0. The fourth-order valence-corrected chi connectivity index (χ4v) is 1.18. The Morgan fingerprint density at radius 3 is 2.50 bits per heavy atom. The molecule has 1 nitrogen and oxygen atoms in total. The zero-order valence-electron chi connectivity index (χ0n) is 8.03. The lowest BCUT2D eigenvalue weighted by Gasteiger charge is -2.04. The summed E-state index contributed by atoms with van der Waals surface area (Å²) in [7, 11) is 0. The predicted molar refractivity (Wildman–Crippen MR) is 52.8 cm³/mol. The molecule has 0 saturated heterocycles. The molecular formula is C11H18N. The van der Waals surface area contributed by atoms with Crippen molar-refractivity contribution in [3.8, 4) is 0 Å². The smallest absolute Gasteiger partial charge is 0.0251 e. The van der Waals surface area contributed by atoms with Crippen LogP contribution in [0.4, 0.5) is 0 Å². The third-order valence-electron chi connectivity index (χ3n) is 1.95.